The molecule has 0 aliphatic heterocycles. The molecule has 1 amide bonds. The zero-order valence-corrected chi connectivity index (χ0v) is 14.6. The van der Waals surface area contributed by atoms with Crippen LogP contribution in [-0.4, -0.2) is 47.9 Å². The lowest BCUT2D eigenvalue weighted by atomic mass is 10.4. The smallest absolute Gasteiger partial charge is 0.450 e. The molecule has 0 aliphatic carbocycles. The fraction of sp³-hybridized carbons (Fsp3) is 0.857. The van der Waals surface area contributed by atoms with Crippen molar-refractivity contribution in [2.45, 2.75) is 46.1 Å². The number of rotatable bonds is 13. The molecule has 0 aromatic heterocycles. The Labute approximate surface area is 129 Å². The molecule has 125 valence electrons. The zero-order chi connectivity index (χ0) is 16.0. The van der Waals surface area contributed by atoms with E-state index in [1.54, 1.807) is 0 Å². The van der Waals surface area contributed by atoms with Crippen LogP contribution < -0.4 is 5.32 Å². The molecule has 0 bridgehead atoms. The lowest BCUT2D eigenvalue weighted by Gasteiger charge is -2.28. The Balaban J connectivity index is 4.03. The average Bonchev–Trinajstić information content (AvgIpc) is 2.45. The van der Waals surface area contributed by atoms with Crippen LogP contribution in [0.3, 0.4) is 0 Å². The van der Waals surface area contributed by atoms with Gasteiger partial charge in [0.2, 0.25) is 0 Å². The number of unbranched alkanes of at least 4 members (excludes halogenated alkanes) is 1. The Morgan fingerprint density at radius 2 is 1.62 bits per heavy atom. The van der Waals surface area contributed by atoms with Gasteiger partial charge >= 0.3 is 14.9 Å². The summed E-state index contributed by atoms with van der Waals surface area (Å²) in [5.74, 6) is 0. The Morgan fingerprint density at radius 1 is 1.05 bits per heavy atom. The Kier molecular flexibility index (Phi) is 12.7. The summed E-state index contributed by atoms with van der Waals surface area (Å²) in [5, 5.41) is 2.71. The number of ether oxygens (including phenoxy) is 1. The van der Waals surface area contributed by atoms with Crippen LogP contribution in [0.4, 0.5) is 4.79 Å². The van der Waals surface area contributed by atoms with Gasteiger partial charge in [-0.3, -0.25) is 0 Å². The van der Waals surface area contributed by atoms with E-state index in [4.69, 9.17) is 18.0 Å². The molecule has 0 saturated heterocycles. The first kappa shape index (κ1) is 20.4. The van der Waals surface area contributed by atoms with E-state index in [0.29, 0.717) is 39.0 Å². The molecular weight excluding hydrogens is 290 g/mol. The third kappa shape index (κ3) is 9.84. The van der Waals surface area contributed by atoms with Crippen molar-refractivity contribution in [2.75, 3.05) is 33.0 Å². The van der Waals surface area contributed by atoms with Gasteiger partial charge in [0.25, 0.3) is 0 Å². The molecule has 1 N–H and O–H groups in total. The molecular formula is C14H30NO5Si. The highest BCUT2D eigenvalue weighted by Gasteiger charge is 2.39. The summed E-state index contributed by atoms with van der Waals surface area (Å²) >= 11 is 0. The number of nitrogens with one attached hydrogen (secondary N) is 1. The molecule has 7 heteroatoms. The second-order valence-corrected chi connectivity index (χ2v) is 7.09. The van der Waals surface area contributed by atoms with Gasteiger partial charge in [0.15, 0.2) is 0 Å². The second kappa shape index (κ2) is 13.1. The topological polar surface area (TPSA) is 66.0 Å². The minimum absolute atomic E-state index is 0.389. The third-order valence-electron chi connectivity index (χ3n) is 2.65. The van der Waals surface area contributed by atoms with Gasteiger partial charge in [-0.05, 0) is 33.6 Å². The number of hydrogen-bond donors (Lipinski definition) is 1. The minimum Gasteiger partial charge on any atom is -0.450 e. The SMILES string of the molecule is [CH2]CCCOC(=O)NCCC[Si](OCC)(OCC)OCC. The highest BCUT2D eigenvalue weighted by Crippen LogP contribution is 2.17. The number of carbonyl (C=O) groups excluding carboxylic acids is 1. The fourth-order valence-electron chi connectivity index (χ4n) is 1.81. The number of amides is 1. The molecule has 0 fully saturated rings. The number of hydrogen-bond acceptors (Lipinski definition) is 5. The van der Waals surface area contributed by atoms with E-state index in [0.717, 1.165) is 19.3 Å². The summed E-state index contributed by atoms with van der Waals surface area (Å²) in [6.07, 6.45) is 1.89. The largest absolute Gasteiger partial charge is 0.500 e. The van der Waals surface area contributed by atoms with E-state index in [2.05, 4.69) is 12.2 Å². The molecule has 6 nitrogen and oxygen atoms in total. The van der Waals surface area contributed by atoms with Crippen LogP contribution >= 0.6 is 0 Å². The van der Waals surface area contributed by atoms with E-state index >= 15 is 0 Å². The summed E-state index contributed by atoms with van der Waals surface area (Å²) in [6.45, 7) is 12.1. The molecule has 0 rings (SSSR count). The van der Waals surface area contributed by atoms with Crippen LogP contribution in [0.2, 0.25) is 6.04 Å². The number of alkyl carbamates (subject to hydrolysis) is 1. The molecule has 21 heavy (non-hydrogen) atoms. The van der Waals surface area contributed by atoms with E-state index < -0.39 is 8.80 Å². The predicted molar refractivity (Wildman–Crippen MR) is 84.0 cm³/mol. The minimum atomic E-state index is -2.60. The lowest BCUT2D eigenvalue weighted by molar-refractivity contribution is 0.0706. The summed E-state index contributed by atoms with van der Waals surface area (Å²) in [5.41, 5.74) is 0. The summed E-state index contributed by atoms with van der Waals surface area (Å²) in [6, 6.07) is 0.682. The molecule has 0 unspecified atom stereocenters. The van der Waals surface area contributed by atoms with Crippen LogP contribution in [0.25, 0.3) is 0 Å². The van der Waals surface area contributed by atoms with Crippen molar-refractivity contribution in [3.63, 3.8) is 0 Å². The highest BCUT2D eigenvalue weighted by molar-refractivity contribution is 6.60. The van der Waals surface area contributed by atoms with Gasteiger partial charge < -0.3 is 23.3 Å². The normalized spacial score (nSPS) is 11.4. The third-order valence-corrected chi connectivity index (χ3v) is 5.80. The van der Waals surface area contributed by atoms with Crippen LogP contribution in [0.1, 0.15) is 40.0 Å². The maximum absolute atomic E-state index is 11.4. The van der Waals surface area contributed by atoms with Gasteiger partial charge in [0, 0.05) is 32.4 Å². The molecule has 1 radical (unpaired) electrons. The van der Waals surface area contributed by atoms with E-state index in [1.807, 2.05) is 20.8 Å². The van der Waals surface area contributed by atoms with Crippen LogP contribution in [0.5, 0.6) is 0 Å². The molecule has 0 spiro atoms. The number of carbonyl (C=O) groups is 1. The summed E-state index contributed by atoms with van der Waals surface area (Å²) in [4.78, 5) is 11.4. The molecule has 0 aliphatic rings. The standard InChI is InChI=1S/C14H30NO5Si/c1-5-9-12-17-14(16)15-11-10-13-21(18-6-2,19-7-3)20-8-4/h1,5-13H2,2-4H3,(H,15,16). The summed E-state index contributed by atoms with van der Waals surface area (Å²) in [7, 11) is -2.60. The molecule has 0 heterocycles. The van der Waals surface area contributed by atoms with Gasteiger partial charge in [0.05, 0.1) is 6.61 Å². The Morgan fingerprint density at radius 3 is 2.10 bits per heavy atom. The van der Waals surface area contributed by atoms with Crippen LogP contribution in [0.15, 0.2) is 0 Å². The van der Waals surface area contributed by atoms with Crippen LogP contribution in [0, 0.1) is 6.92 Å². The van der Waals surface area contributed by atoms with Crippen molar-refractivity contribution in [3.8, 4) is 0 Å². The Hall–Kier alpha value is -0.633. The lowest BCUT2D eigenvalue weighted by Crippen LogP contribution is -2.46. The van der Waals surface area contributed by atoms with E-state index in [-0.39, 0.29) is 6.09 Å². The quantitative estimate of drug-likeness (QED) is 0.417. The molecule has 0 atom stereocenters. The monoisotopic (exact) mass is 320 g/mol. The maximum atomic E-state index is 11.4. The predicted octanol–water partition coefficient (Wildman–Crippen LogP) is 2.77. The van der Waals surface area contributed by atoms with Gasteiger partial charge in [-0.1, -0.05) is 13.3 Å². The summed E-state index contributed by atoms with van der Waals surface area (Å²) < 4.78 is 22.2. The highest BCUT2D eigenvalue weighted by atomic mass is 28.4. The second-order valence-electron chi connectivity index (χ2n) is 4.36. The van der Waals surface area contributed by atoms with E-state index in [9.17, 15) is 4.79 Å². The van der Waals surface area contributed by atoms with Crippen molar-refractivity contribution in [3.05, 3.63) is 6.92 Å². The van der Waals surface area contributed by atoms with Gasteiger partial charge in [0.1, 0.15) is 0 Å². The van der Waals surface area contributed by atoms with Gasteiger partial charge in [-0.25, -0.2) is 4.79 Å². The van der Waals surface area contributed by atoms with Gasteiger partial charge in [-0.15, -0.1) is 0 Å². The van der Waals surface area contributed by atoms with Gasteiger partial charge in [-0.2, -0.15) is 0 Å². The van der Waals surface area contributed by atoms with Crippen molar-refractivity contribution in [1.29, 1.82) is 0 Å². The Bertz CT molecular complexity index is 249. The van der Waals surface area contributed by atoms with Crippen molar-refractivity contribution in [2.24, 2.45) is 0 Å². The van der Waals surface area contributed by atoms with E-state index in [1.165, 1.54) is 0 Å². The van der Waals surface area contributed by atoms with Crippen molar-refractivity contribution in [1.82, 2.24) is 5.32 Å². The molecule has 0 aromatic rings. The fourth-order valence-corrected chi connectivity index (χ4v) is 4.43. The van der Waals surface area contributed by atoms with Crippen molar-refractivity contribution < 1.29 is 22.8 Å². The van der Waals surface area contributed by atoms with Crippen molar-refractivity contribution >= 4 is 14.9 Å². The maximum Gasteiger partial charge on any atom is 0.500 e. The first-order chi connectivity index (χ1) is 10.1. The zero-order valence-electron chi connectivity index (χ0n) is 13.6. The average molecular weight is 320 g/mol. The first-order valence-electron chi connectivity index (χ1n) is 7.75. The van der Waals surface area contributed by atoms with Crippen LogP contribution in [-0.2, 0) is 18.0 Å². The first-order valence-corrected chi connectivity index (χ1v) is 9.69. The molecule has 0 aromatic carbocycles. The molecule has 0 saturated carbocycles.